The minimum absolute atomic E-state index is 0.120. The van der Waals surface area contributed by atoms with Crippen molar-refractivity contribution in [2.75, 3.05) is 13.1 Å². The number of nitrogens with zero attached hydrogens (tertiary/aromatic N) is 1. The van der Waals surface area contributed by atoms with Crippen molar-refractivity contribution in [3.63, 3.8) is 0 Å². The number of piperidine rings is 1. The lowest BCUT2D eigenvalue weighted by Crippen LogP contribution is -2.45. The minimum atomic E-state index is 0.120. The summed E-state index contributed by atoms with van der Waals surface area (Å²) in [4.78, 5) is 13.6. The number of fused-ring (bicyclic) bond motifs is 2. The van der Waals surface area contributed by atoms with Gasteiger partial charge in [-0.3, -0.25) is 4.79 Å². The number of carbonyl (C=O) groups excluding carboxylic acids is 1. The number of hydrogen-bond acceptors (Lipinski definition) is 1. The van der Waals surface area contributed by atoms with Gasteiger partial charge in [0.2, 0.25) is 5.91 Å². The summed E-state index contributed by atoms with van der Waals surface area (Å²) >= 11 is 0. The van der Waals surface area contributed by atoms with Gasteiger partial charge in [-0.2, -0.15) is 0 Å². The van der Waals surface area contributed by atoms with Gasteiger partial charge in [0, 0.05) is 13.1 Å². The van der Waals surface area contributed by atoms with Crippen LogP contribution in [0.5, 0.6) is 0 Å². The molecule has 15 heavy (non-hydrogen) atoms. The maximum atomic E-state index is 11.6. The van der Waals surface area contributed by atoms with Crippen LogP contribution in [0.2, 0.25) is 0 Å². The standard InChI is InChI=1S/C13H21NO/c1-4-12(15)14-7-10-5-6-11(8-14)13(10)9(2)3/h4,9-11,13H,1,5-8H2,2-3H3. The molecule has 0 aromatic rings. The fourth-order valence-electron chi connectivity index (χ4n) is 3.66. The molecule has 1 aliphatic heterocycles. The van der Waals surface area contributed by atoms with Crippen molar-refractivity contribution in [2.45, 2.75) is 26.7 Å². The predicted octanol–water partition coefficient (Wildman–Crippen LogP) is 2.31. The second kappa shape index (κ2) is 3.99. The number of amides is 1. The zero-order chi connectivity index (χ0) is 11.0. The summed E-state index contributed by atoms with van der Waals surface area (Å²) in [6.45, 7) is 10.1. The monoisotopic (exact) mass is 207 g/mol. The lowest BCUT2D eigenvalue weighted by Gasteiger charge is -2.39. The SMILES string of the molecule is C=CC(=O)N1CC2CCC(C1)C2C(C)C. The third-order valence-corrected chi connectivity index (χ3v) is 4.16. The lowest BCUT2D eigenvalue weighted by atomic mass is 9.77. The van der Waals surface area contributed by atoms with E-state index in [0.717, 1.165) is 36.8 Å². The van der Waals surface area contributed by atoms with E-state index in [4.69, 9.17) is 0 Å². The molecule has 2 aliphatic rings. The molecule has 2 unspecified atom stereocenters. The Kier molecular flexibility index (Phi) is 2.85. The molecule has 0 N–H and O–H groups in total. The van der Waals surface area contributed by atoms with Crippen molar-refractivity contribution in [1.82, 2.24) is 4.90 Å². The molecule has 1 aliphatic carbocycles. The van der Waals surface area contributed by atoms with Gasteiger partial charge in [0.05, 0.1) is 0 Å². The fraction of sp³-hybridized carbons (Fsp3) is 0.769. The molecule has 2 bridgehead atoms. The summed E-state index contributed by atoms with van der Waals surface area (Å²) in [5.41, 5.74) is 0. The number of carbonyl (C=O) groups is 1. The minimum Gasteiger partial charge on any atom is -0.339 e. The lowest BCUT2D eigenvalue weighted by molar-refractivity contribution is -0.129. The Morgan fingerprint density at radius 2 is 1.87 bits per heavy atom. The van der Waals surface area contributed by atoms with Crippen LogP contribution in [0.4, 0.5) is 0 Å². The maximum absolute atomic E-state index is 11.6. The van der Waals surface area contributed by atoms with Gasteiger partial charge in [0.1, 0.15) is 0 Å². The molecule has 2 nitrogen and oxygen atoms in total. The second-order valence-corrected chi connectivity index (χ2v) is 5.37. The first-order valence-electron chi connectivity index (χ1n) is 6.04. The molecule has 0 aromatic heterocycles. The van der Waals surface area contributed by atoms with Crippen LogP contribution in [0.3, 0.4) is 0 Å². The van der Waals surface area contributed by atoms with Gasteiger partial charge in [0.15, 0.2) is 0 Å². The highest BCUT2D eigenvalue weighted by atomic mass is 16.2. The van der Waals surface area contributed by atoms with Crippen LogP contribution in [0.15, 0.2) is 12.7 Å². The highest BCUT2D eigenvalue weighted by Crippen LogP contribution is 2.45. The Hall–Kier alpha value is -0.790. The summed E-state index contributed by atoms with van der Waals surface area (Å²) in [7, 11) is 0. The molecule has 1 saturated carbocycles. The van der Waals surface area contributed by atoms with Gasteiger partial charge in [0.25, 0.3) is 0 Å². The first-order valence-corrected chi connectivity index (χ1v) is 6.04. The van der Waals surface area contributed by atoms with Crippen molar-refractivity contribution in [1.29, 1.82) is 0 Å². The Bertz CT molecular complexity index is 258. The zero-order valence-corrected chi connectivity index (χ0v) is 9.78. The van der Waals surface area contributed by atoms with E-state index in [0.29, 0.717) is 0 Å². The van der Waals surface area contributed by atoms with E-state index in [2.05, 4.69) is 20.4 Å². The number of likely N-dealkylation sites (tertiary alicyclic amines) is 1. The maximum Gasteiger partial charge on any atom is 0.245 e. The molecule has 2 atom stereocenters. The fourth-order valence-corrected chi connectivity index (χ4v) is 3.66. The number of hydrogen-bond donors (Lipinski definition) is 0. The van der Waals surface area contributed by atoms with Crippen LogP contribution in [0, 0.1) is 23.7 Å². The van der Waals surface area contributed by atoms with E-state index < -0.39 is 0 Å². The molecule has 0 radical (unpaired) electrons. The molecule has 2 fully saturated rings. The summed E-state index contributed by atoms with van der Waals surface area (Å²) in [5.74, 6) is 3.22. The van der Waals surface area contributed by atoms with E-state index in [1.165, 1.54) is 18.9 Å². The Balaban J connectivity index is 2.08. The first kappa shape index (κ1) is 10.7. The third kappa shape index (κ3) is 1.82. The van der Waals surface area contributed by atoms with E-state index in [-0.39, 0.29) is 5.91 Å². The van der Waals surface area contributed by atoms with E-state index in [1.807, 2.05) is 4.90 Å². The average molecular weight is 207 g/mol. The molecule has 0 aromatic carbocycles. The summed E-state index contributed by atoms with van der Waals surface area (Å²) in [6.07, 6.45) is 4.08. The highest BCUT2D eigenvalue weighted by molar-refractivity contribution is 5.87. The largest absolute Gasteiger partial charge is 0.339 e. The van der Waals surface area contributed by atoms with E-state index in [9.17, 15) is 4.79 Å². The van der Waals surface area contributed by atoms with Crippen molar-refractivity contribution in [2.24, 2.45) is 23.7 Å². The normalized spacial score (nSPS) is 34.6. The van der Waals surface area contributed by atoms with Crippen LogP contribution in [0.25, 0.3) is 0 Å². The molecular formula is C13H21NO. The quantitative estimate of drug-likeness (QED) is 0.636. The molecule has 1 saturated heterocycles. The molecule has 2 rings (SSSR count). The van der Waals surface area contributed by atoms with Crippen LogP contribution >= 0.6 is 0 Å². The highest BCUT2D eigenvalue weighted by Gasteiger charge is 2.43. The van der Waals surface area contributed by atoms with Gasteiger partial charge in [-0.15, -0.1) is 0 Å². The Morgan fingerprint density at radius 1 is 1.33 bits per heavy atom. The first-order chi connectivity index (χ1) is 7.13. The average Bonchev–Trinajstić information content (AvgIpc) is 2.49. The van der Waals surface area contributed by atoms with Gasteiger partial charge in [-0.1, -0.05) is 20.4 Å². The van der Waals surface area contributed by atoms with Crippen molar-refractivity contribution < 1.29 is 4.79 Å². The van der Waals surface area contributed by atoms with Crippen LogP contribution in [-0.4, -0.2) is 23.9 Å². The topological polar surface area (TPSA) is 20.3 Å². The van der Waals surface area contributed by atoms with E-state index in [1.54, 1.807) is 0 Å². The molecule has 1 heterocycles. The molecule has 2 heteroatoms. The van der Waals surface area contributed by atoms with E-state index >= 15 is 0 Å². The molecule has 0 spiro atoms. The summed E-state index contributed by atoms with van der Waals surface area (Å²) in [6, 6.07) is 0. The van der Waals surface area contributed by atoms with Gasteiger partial charge in [-0.05, 0) is 42.6 Å². The molecular weight excluding hydrogens is 186 g/mol. The van der Waals surface area contributed by atoms with Crippen LogP contribution < -0.4 is 0 Å². The van der Waals surface area contributed by atoms with Crippen LogP contribution in [-0.2, 0) is 4.79 Å². The summed E-state index contributed by atoms with van der Waals surface area (Å²) in [5, 5.41) is 0. The van der Waals surface area contributed by atoms with Crippen molar-refractivity contribution in [3.8, 4) is 0 Å². The molecule has 84 valence electrons. The second-order valence-electron chi connectivity index (χ2n) is 5.37. The zero-order valence-electron chi connectivity index (χ0n) is 9.78. The predicted molar refractivity (Wildman–Crippen MR) is 61.3 cm³/mol. The number of rotatable bonds is 2. The van der Waals surface area contributed by atoms with Crippen molar-refractivity contribution >= 4 is 5.91 Å². The van der Waals surface area contributed by atoms with Gasteiger partial charge >= 0.3 is 0 Å². The van der Waals surface area contributed by atoms with Gasteiger partial charge in [-0.25, -0.2) is 0 Å². The smallest absolute Gasteiger partial charge is 0.245 e. The van der Waals surface area contributed by atoms with Crippen LogP contribution in [0.1, 0.15) is 26.7 Å². The Labute approximate surface area is 92.3 Å². The van der Waals surface area contributed by atoms with Gasteiger partial charge < -0.3 is 4.90 Å². The third-order valence-electron chi connectivity index (χ3n) is 4.16. The summed E-state index contributed by atoms with van der Waals surface area (Å²) < 4.78 is 0. The van der Waals surface area contributed by atoms with Crippen molar-refractivity contribution in [3.05, 3.63) is 12.7 Å². The Morgan fingerprint density at radius 3 is 2.27 bits per heavy atom. The molecule has 1 amide bonds.